The Morgan fingerprint density at radius 3 is 2.61 bits per heavy atom. The predicted octanol–water partition coefficient (Wildman–Crippen LogP) is 4.05. The highest BCUT2D eigenvalue weighted by Crippen LogP contribution is 2.37. The van der Waals surface area contributed by atoms with Crippen LogP contribution in [0.2, 0.25) is 0 Å². The van der Waals surface area contributed by atoms with Crippen molar-refractivity contribution in [2.24, 2.45) is 0 Å². The lowest BCUT2D eigenvalue weighted by Gasteiger charge is -2.24. The maximum atomic E-state index is 14.9. The molecule has 0 radical (unpaired) electrons. The fourth-order valence-electron chi connectivity index (χ4n) is 4.40. The van der Waals surface area contributed by atoms with Crippen molar-refractivity contribution < 1.29 is 18.8 Å². The molecular formula is C23H28FN2O2+. The number of benzene rings is 2. The maximum Gasteiger partial charge on any atom is 0.273 e. The summed E-state index contributed by atoms with van der Waals surface area (Å²) in [6, 6.07) is 13.2. The van der Waals surface area contributed by atoms with Gasteiger partial charge in [-0.15, -0.1) is 0 Å². The van der Waals surface area contributed by atoms with E-state index in [1.165, 1.54) is 18.7 Å². The summed E-state index contributed by atoms with van der Waals surface area (Å²) in [6.07, 6.45) is 5.06. The Kier molecular flexibility index (Phi) is 5.11. The van der Waals surface area contributed by atoms with Crippen molar-refractivity contribution in [3.05, 3.63) is 59.4 Å². The fourth-order valence-corrected chi connectivity index (χ4v) is 4.40. The van der Waals surface area contributed by atoms with Crippen molar-refractivity contribution in [2.75, 3.05) is 25.1 Å². The lowest BCUT2D eigenvalue weighted by Crippen LogP contribution is -2.41. The van der Waals surface area contributed by atoms with Crippen LogP contribution >= 0.6 is 0 Å². The van der Waals surface area contributed by atoms with E-state index in [4.69, 9.17) is 4.74 Å². The van der Waals surface area contributed by atoms with Crippen LogP contribution in [0.5, 0.6) is 5.75 Å². The van der Waals surface area contributed by atoms with Crippen LogP contribution in [-0.2, 0) is 12.1 Å². The molecule has 2 aromatic carbocycles. The van der Waals surface area contributed by atoms with Crippen molar-refractivity contribution in [2.45, 2.75) is 44.8 Å². The van der Waals surface area contributed by atoms with E-state index in [0.717, 1.165) is 50.2 Å². The van der Waals surface area contributed by atoms with Gasteiger partial charge in [-0.25, -0.2) is 13.9 Å². The Balaban J connectivity index is 1.79. The molecule has 0 bridgehead atoms. The average molecular weight is 383 g/mol. The second-order valence-corrected chi connectivity index (χ2v) is 7.65. The second-order valence-electron chi connectivity index (χ2n) is 7.65. The highest BCUT2D eigenvalue weighted by molar-refractivity contribution is 5.95. The molecule has 0 saturated carbocycles. The molecule has 0 amide bonds. The van der Waals surface area contributed by atoms with Crippen LogP contribution in [0.3, 0.4) is 0 Å². The first-order chi connectivity index (χ1) is 13.6. The fraction of sp³-hybridized carbons (Fsp3) is 0.435. The first-order valence-electron chi connectivity index (χ1n) is 10.1. The van der Waals surface area contributed by atoms with Gasteiger partial charge in [0, 0.05) is 12.5 Å². The maximum absolute atomic E-state index is 14.9. The van der Waals surface area contributed by atoms with Crippen LogP contribution in [0.25, 0.3) is 0 Å². The summed E-state index contributed by atoms with van der Waals surface area (Å²) in [6.45, 7) is 3.18. The van der Waals surface area contributed by atoms with Crippen LogP contribution in [0, 0.1) is 5.82 Å². The summed E-state index contributed by atoms with van der Waals surface area (Å²) in [7, 11) is 1.51. The minimum Gasteiger partial charge on any atom is -0.497 e. The average Bonchev–Trinajstić information content (AvgIpc) is 2.87. The lowest BCUT2D eigenvalue weighted by molar-refractivity contribution is -0.658. The zero-order valence-electron chi connectivity index (χ0n) is 16.6. The van der Waals surface area contributed by atoms with E-state index in [-0.39, 0.29) is 0 Å². The number of β-amino-alcohol motifs (C(OH)–C–C–N with tert-alkyl or cyclic N) is 1. The third kappa shape index (κ3) is 3.18. The molecule has 1 N–H and O–H groups in total. The molecule has 0 saturated heterocycles. The summed E-state index contributed by atoms with van der Waals surface area (Å²) < 4.78 is 22.1. The SMILES string of the molecule is CCc1ccc(N2C[C@](O)(c3ccc(OC)cc3F)[N+]3=C2CCCCC3)cc1. The minimum atomic E-state index is -1.39. The molecule has 2 heterocycles. The Morgan fingerprint density at radius 1 is 1.14 bits per heavy atom. The van der Waals surface area contributed by atoms with Crippen LogP contribution in [0.1, 0.15) is 43.7 Å². The standard InChI is InChI=1S/C23H28FN2O2/c1-3-17-8-10-18(11-9-17)25-16-23(27,26-14-6-4-5-7-22(25)26)20-13-12-19(28-2)15-21(20)24/h8-13,15,27H,3-7,14,16H2,1-2H3/q+1/t23-/m0/s1. The third-order valence-electron chi connectivity index (χ3n) is 5.99. The number of amidine groups is 1. The molecule has 1 atom stereocenters. The van der Waals surface area contributed by atoms with E-state index in [9.17, 15) is 9.50 Å². The molecular weight excluding hydrogens is 355 g/mol. The molecule has 4 rings (SSSR count). The lowest BCUT2D eigenvalue weighted by atomic mass is 10.0. The quantitative estimate of drug-likeness (QED) is 0.809. The summed E-state index contributed by atoms with van der Waals surface area (Å²) in [5, 5.41) is 11.7. The number of ether oxygens (including phenoxy) is 1. The molecule has 28 heavy (non-hydrogen) atoms. The van der Waals surface area contributed by atoms with Gasteiger partial charge in [0.05, 0.1) is 19.2 Å². The van der Waals surface area contributed by atoms with E-state index >= 15 is 0 Å². The Labute approximate surface area is 165 Å². The first-order valence-corrected chi connectivity index (χ1v) is 10.1. The highest BCUT2D eigenvalue weighted by Gasteiger charge is 2.53. The Morgan fingerprint density at radius 2 is 1.93 bits per heavy atom. The molecule has 0 spiro atoms. The summed E-state index contributed by atoms with van der Waals surface area (Å²) in [4.78, 5) is 2.16. The second kappa shape index (κ2) is 7.55. The number of methoxy groups -OCH3 is 1. The Bertz CT molecular complexity index is 894. The highest BCUT2D eigenvalue weighted by atomic mass is 19.1. The van der Waals surface area contributed by atoms with Gasteiger partial charge in [0.2, 0.25) is 0 Å². The third-order valence-corrected chi connectivity index (χ3v) is 5.99. The molecule has 0 unspecified atom stereocenters. The first kappa shape index (κ1) is 18.9. The van der Waals surface area contributed by atoms with Crippen LogP contribution in [0.15, 0.2) is 42.5 Å². The zero-order valence-corrected chi connectivity index (χ0v) is 16.6. The number of halogens is 1. The number of aryl methyl sites for hydroxylation is 1. The topological polar surface area (TPSA) is 35.7 Å². The normalized spacial score (nSPS) is 22.2. The molecule has 0 aromatic heterocycles. The molecule has 0 aliphatic carbocycles. The molecule has 0 fully saturated rings. The van der Waals surface area contributed by atoms with Gasteiger partial charge in [0.1, 0.15) is 17.3 Å². The van der Waals surface area contributed by atoms with Gasteiger partial charge in [-0.3, -0.25) is 0 Å². The summed E-state index contributed by atoms with van der Waals surface area (Å²) in [5.41, 5.74) is 1.24. The van der Waals surface area contributed by atoms with Crippen molar-refractivity contribution >= 4 is 11.5 Å². The van der Waals surface area contributed by atoms with Gasteiger partial charge in [-0.2, -0.15) is 0 Å². The number of aliphatic hydroxyl groups is 1. The van der Waals surface area contributed by atoms with Crippen LogP contribution in [-0.4, -0.2) is 35.7 Å². The summed E-state index contributed by atoms with van der Waals surface area (Å²) >= 11 is 0. The number of hydrogen-bond acceptors (Lipinski definition) is 3. The van der Waals surface area contributed by atoms with E-state index in [1.807, 2.05) is 4.58 Å². The molecule has 5 heteroatoms. The molecule has 2 aliphatic rings. The van der Waals surface area contributed by atoms with E-state index < -0.39 is 11.5 Å². The van der Waals surface area contributed by atoms with Gasteiger partial charge in [-0.1, -0.05) is 19.1 Å². The number of nitrogens with zero attached hydrogens (tertiary/aromatic N) is 2. The number of hydrogen-bond donors (Lipinski definition) is 1. The van der Waals surface area contributed by atoms with Crippen molar-refractivity contribution in [3.8, 4) is 5.75 Å². The molecule has 4 nitrogen and oxygen atoms in total. The molecule has 148 valence electrons. The monoisotopic (exact) mass is 383 g/mol. The van der Waals surface area contributed by atoms with Gasteiger partial charge >= 0.3 is 0 Å². The van der Waals surface area contributed by atoms with E-state index in [2.05, 4.69) is 36.1 Å². The van der Waals surface area contributed by atoms with Crippen molar-refractivity contribution in [1.82, 2.24) is 0 Å². The van der Waals surface area contributed by atoms with Crippen molar-refractivity contribution in [1.29, 1.82) is 0 Å². The predicted molar refractivity (Wildman–Crippen MR) is 109 cm³/mol. The van der Waals surface area contributed by atoms with Crippen LogP contribution < -0.4 is 9.64 Å². The smallest absolute Gasteiger partial charge is 0.273 e. The molecule has 2 aliphatic heterocycles. The van der Waals surface area contributed by atoms with Crippen molar-refractivity contribution in [3.63, 3.8) is 0 Å². The zero-order chi connectivity index (χ0) is 19.7. The van der Waals surface area contributed by atoms with Crippen LogP contribution in [0.4, 0.5) is 10.1 Å². The van der Waals surface area contributed by atoms with Gasteiger partial charge in [0.15, 0.2) is 6.54 Å². The van der Waals surface area contributed by atoms with E-state index in [0.29, 0.717) is 17.9 Å². The minimum absolute atomic E-state index is 0.306. The van der Waals surface area contributed by atoms with Gasteiger partial charge in [0.25, 0.3) is 11.6 Å². The summed E-state index contributed by atoms with van der Waals surface area (Å²) in [5.74, 6) is 1.10. The van der Waals surface area contributed by atoms with Gasteiger partial charge in [-0.05, 0) is 55.5 Å². The van der Waals surface area contributed by atoms with E-state index in [1.54, 1.807) is 12.1 Å². The largest absolute Gasteiger partial charge is 0.497 e. The number of anilines is 1. The van der Waals surface area contributed by atoms with Gasteiger partial charge < -0.3 is 9.84 Å². The Hall–Kier alpha value is -2.40. The number of rotatable bonds is 4. The molecule has 2 aromatic rings.